The van der Waals surface area contributed by atoms with Crippen molar-refractivity contribution in [2.75, 3.05) is 0 Å². The molecule has 2 heterocycles. The Bertz CT molecular complexity index is 1320. The van der Waals surface area contributed by atoms with E-state index in [0.717, 1.165) is 27.9 Å². The second-order valence-corrected chi connectivity index (χ2v) is 9.34. The van der Waals surface area contributed by atoms with Gasteiger partial charge in [0.15, 0.2) is 0 Å². The molecule has 0 bridgehead atoms. The lowest BCUT2D eigenvalue weighted by Crippen LogP contribution is -2.45. The van der Waals surface area contributed by atoms with Crippen molar-refractivity contribution in [3.05, 3.63) is 76.3 Å². The number of aromatic nitrogens is 2. The molecule has 2 aromatic carbocycles. The zero-order chi connectivity index (χ0) is 24.4. The van der Waals surface area contributed by atoms with Crippen LogP contribution in [0.1, 0.15) is 12.0 Å². The van der Waals surface area contributed by atoms with Crippen LogP contribution in [0.15, 0.2) is 65.7 Å². The molecule has 8 nitrogen and oxygen atoms in total. The third-order valence-electron chi connectivity index (χ3n) is 4.96. The summed E-state index contributed by atoms with van der Waals surface area (Å²) < 4.78 is 1.65. The van der Waals surface area contributed by atoms with Gasteiger partial charge < -0.3 is 10.2 Å². The lowest BCUT2D eigenvalue weighted by atomic mass is 10.1. The molecule has 172 valence electrons. The molecule has 4 rings (SSSR count). The Kier molecular flexibility index (Phi) is 6.82. The quantitative estimate of drug-likeness (QED) is 0.355. The van der Waals surface area contributed by atoms with Crippen molar-refractivity contribution in [1.82, 2.24) is 14.7 Å². The largest absolute Gasteiger partial charge is 0.481 e. The topological polar surface area (TPSA) is 113 Å². The summed E-state index contributed by atoms with van der Waals surface area (Å²) in [5.74, 6) is -3.46. The van der Waals surface area contributed by atoms with E-state index in [0.29, 0.717) is 16.3 Å². The Balaban J connectivity index is 1.77. The van der Waals surface area contributed by atoms with Gasteiger partial charge in [0.25, 0.3) is 5.91 Å². The van der Waals surface area contributed by atoms with Crippen molar-refractivity contribution in [3.8, 4) is 16.9 Å². The van der Waals surface area contributed by atoms with Gasteiger partial charge >= 0.3 is 11.9 Å². The highest BCUT2D eigenvalue weighted by Crippen LogP contribution is 2.36. The number of thioether (sulfide) groups is 1. The second kappa shape index (κ2) is 9.80. The molecule has 0 aliphatic carbocycles. The first-order valence-corrected chi connectivity index (χ1v) is 11.5. The van der Waals surface area contributed by atoms with E-state index in [-0.39, 0.29) is 9.23 Å². The summed E-state index contributed by atoms with van der Waals surface area (Å²) in [6, 6.07) is 14.9. The molecule has 1 amide bonds. The number of carboxylic acids is 2. The van der Waals surface area contributed by atoms with Gasteiger partial charge in [-0.3, -0.25) is 14.5 Å². The molecule has 11 heteroatoms. The van der Waals surface area contributed by atoms with Crippen LogP contribution in [-0.4, -0.2) is 53.1 Å². The lowest BCUT2D eigenvalue weighted by Gasteiger charge is -2.21. The number of carboxylic acid groups (broad SMARTS) is 2. The van der Waals surface area contributed by atoms with Gasteiger partial charge in [-0.1, -0.05) is 65.9 Å². The number of rotatable bonds is 7. The third kappa shape index (κ3) is 4.89. The molecule has 1 aromatic heterocycles. The van der Waals surface area contributed by atoms with Crippen LogP contribution >= 0.6 is 35.6 Å². The maximum atomic E-state index is 13.1. The fourth-order valence-corrected chi connectivity index (χ4v) is 4.86. The number of nitrogens with zero attached hydrogens (tertiary/aromatic N) is 3. The number of benzene rings is 2. The number of carbonyl (C=O) groups is 3. The maximum absolute atomic E-state index is 13.1. The van der Waals surface area contributed by atoms with E-state index in [4.69, 9.17) is 28.9 Å². The smallest absolute Gasteiger partial charge is 0.327 e. The Morgan fingerprint density at radius 3 is 2.41 bits per heavy atom. The normalized spacial score (nSPS) is 15.7. The van der Waals surface area contributed by atoms with Gasteiger partial charge in [-0.15, -0.1) is 0 Å². The van der Waals surface area contributed by atoms with E-state index < -0.39 is 30.3 Å². The molecular formula is C23H16ClN3O5S2. The Morgan fingerprint density at radius 2 is 1.79 bits per heavy atom. The number of thiocarbonyl (C=S) groups is 1. The summed E-state index contributed by atoms with van der Waals surface area (Å²) in [5.41, 5.74) is 2.73. The molecule has 2 N–H and O–H groups in total. The molecule has 1 aliphatic rings. The van der Waals surface area contributed by atoms with Crippen molar-refractivity contribution in [2.45, 2.75) is 12.5 Å². The fraction of sp³-hybridized carbons (Fsp3) is 0.0870. The van der Waals surface area contributed by atoms with Crippen LogP contribution in [0.25, 0.3) is 23.0 Å². The average Bonchev–Trinajstić information content (AvgIpc) is 3.34. The van der Waals surface area contributed by atoms with Crippen molar-refractivity contribution < 1.29 is 24.6 Å². The number of hydrogen-bond donors (Lipinski definition) is 2. The number of aliphatic carboxylic acids is 2. The minimum Gasteiger partial charge on any atom is -0.481 e. The van der Waals surface area contributed by atoms with Gasteiger partial charge in [0.1, 0.15) is 10.4 Å². The summed E-state index contributed by atoms with van der Waals surface area (Å²) >= 11 is 12.2. The van der Waals surface area contributed by atoms with Crippen LogP contribution in [0, 0.1) is 0 Å². The van der Waals surface area contributed by atoms with Gasteiger partial charge in [0.2, 0.25) is 0 Å². The first kappa shape index (κ1) is 23.7. The number of amides is 1. The number of halogens is 1. The Labute approximate surface area is 208 Å². The van der Waals surface area contributed by atoms with Gasteiger partial charge in [-0.25, -0.2) is 9.48 Å². The van der Waals surface area contributed by atoms with Crippen molar-refractivity contribution in [3.63, 3.8) is 0 Å². The van der Waals surface area contributed by atoms with Crippen LogP contribution in [0.5, 0.6) is 0 Å². The standard InChI is InChI=1S/C23H16ClN3O5S2/c24-15-8-6-13(7-9-15)20-14(12-26(25-20)16-4-2-1-3-5-16)10-18-21(30)27(23(33)34-18)17(22(31)32)11-19(28)29/h1-10,12,17H,11H2,(H,28,29)(H,31,32)/b18-10-/t17-/m1/s1. The van der Waals surface area contributed by atoms with Gasteiger partial charge in [-0.05, 0) is 30.3 Å². The van der Waals surface area contributed by atoms with Crippen molar-refractivity contribution in [2.24, 2.45) is 0 Å². The molecule has 0 unspecified atom stereocenters. The number of carbonyl (C=O) groups excluding carboxylic acids is 1. The van der Waals surface area contributed by atoms with E-state index in [2.05, 4.69) is 5.10 Å². The molecule has 1 atom stereocenters. The molecule has 0 saturated carbocycles. The third-order valence-corrected chi connectivity index (χ3v) is 6.54. The van der Waals surface area contributed by atoms with E-state index in [1.807, 2.05) is 30.3 Å². The van der Waals surface area contributed by atoms with Crippen LogP contribution in [0.3, 0.4) is 0 Å². The summed E-state index contributed by atoms with van der Waals surface area (Å²) in [6.45, 7) is 0. The molecule has 1 fully saturated rings. The van der Waals surface area contributed by atoms with Crippen LogP contribution < -0.4 is 0 Å². The van der Waals surface area contributed by atoms with Crippen LogP contribution in [-0.2, 0) is 14.4 Å². The Hall–Kier alpha value is -3.47. The lowest BCUT2D eigenvalue weighted by molar-refractivity contribution is -0.150. The molecule has 0 radical (unpaired) electrons. The maximum Gasteiger partial charge on any atom is 0.327 e. The Morgan fingerprint density at radius 1 is 1.12 bits per heavy atom. The fourth-order valence-electron chi connectivity index (χ4n) is 3.38. The van der Waals surface area contributed by atoms with Crippen LogP contribution in [0.4, 0.5) is 0 Å². The van der Waals surface area contributed by atoms with Crippen LogP contribution in [0.2, 0.25) is 5.02 Å². The zero-order valence-electron chi connectivity index (χ0n) is 17.3. The van der Waals surface area contributed by atoms with E-state index >= 15 is 0 Å². The molecule has 34 heavy (non-hydrogen) atoms. The van der Waals surface area contributed by atoms with Gasteiger partial charge in [0.05, 0.1) is 22.7 Å². The minimum atomic E-state index is -1.60. The SMILES string of the molecule is O=C(O)C[C@H](C(=O)O)N1C(=O)/C(=C/c2cn(-c3ccccc3)nc2-c2ccc(Cl)cc2)SC1=S. The molecule has 1 aliphatic heterocycles. The summed E-state index contributed by atoms with van der Waals surface area (Å²) in [4.78, 5) is 36.8. The first-order chi connectivity index (χ1) is 16.2. The monoisotopic (exact) mass is 513 g/mol. The van der Waals surface area contributed by atoms with Crippen molar-refractivity contribution >= 4 is 63.8 Å². The van der Waals surface area contributed by atoms with Crippen molar-refractivity contribution in [1.29, 1.82) is 0 Å². The highest BCUT2D eigenvalue weighted by molar-refractivity contribution is 8.26. The van der Waals surface area contributed by atoms with E-state index in [9.17, 15) is 19.5 Å². The summed E-state index contributed by atoms with van der Waals surface area (Å²) in [5, 5.41) is 23.8. The number of para-hydroxylation sites is 1. The first-order valence-electron chi connectivity index (χ1n) is 9.87. The highest BCUT2D eigenvalue weighted by Gasteiger charge is 2.41. The average molecular weight is 514 g/mol. The molecular weight excluding hydrogens is 498 g/mol. The summed E-state index contributed by atoms with van der Waals surface area (Å²) in [6.07, 6.45) is 2.56. The van der Waals surface area contributed by atoms with Gasteiger partial charge in [0, 0.05) is 22.3 Å². The van der Waals surface area contributed by atoms with Gasteiger partial charge in [-0.2, -0.15) is 5.10 Å². The molecule has 3 aromatic rings. The predicted molar refractivity (Wildman–Crippen MR) is 133 cm³/mol. The van der Waals surface area contributed by atoms with E-state index in [1.165, 1.54) is 0 Å². The summed E-state index contributed by atoms with van der Waals surface area (Å²) in [7, 11) is 0. The molecule has 1 saturated heterocycles. The predicted octanol–water partition coefficient (Wildman–Crippen LogP) is 4.32. The highest BCUT2D eigenvalue weighted by atomic mass is 35.5. The minimum absolute atomic E-state index is 0.0200. The number of hydrogen-bond acceptors (Lipinski definition) is 6. The molecule has 0 spiro atoms. The van der Waals surface area contributed by atoms with E-state index in [1.54, 1.807) is 41.2 Å². The zero-order valence-corrected chi connectivity index (χ0v) is 19.7. The second-order valence-electron chi connectivity index (χ2n) is 7.22.